The highest BCUT2D eigenvalue weighted by molar-refractivity contribution is 4.52. The van der Waals surface area contributed by atoms with Crippen molar-refractivity contribution in [2.75, 3.05) is 26.4 Å². The Morgan fingerprint density at radius 2 is 0.833 bits per heavy atom. The number of rotatable bonds is 6. The van der Waals surface area contributed by atoms with E-state index in [2.05, 4.69) is 13.2 Å². The summed E-state index contributed by atoms with van der Waals surface area (Å²) in [6.07, 6.45) is 7.33. The third-order valence-electron chi connectivity index (χ3n) is 1.17. The Labute approximate surface area is 112 Å². The van der Waals surface area contributed by atoms with Crippen molar-refractivity contribution in [3.8, 4) is 0 Å². The molecule has 0 atom stereocenters. The van der Waals surface area contributed by atoms with Crippen molar-refractivity contribution in [1.82, 2.24) is 0 Å². The molecule has 0 rings (SSSR count). The number of aliphatic hydroxyl groups excluding tert-OH is 4. The zero-order valence-electron chi connectivity index (χ0n) is 12.0. The van der Waals surface area contributed by atoms with Gasteiger partial charge in [0.05, 0.1) is 13.2 Å². The quantitative estimate of drug-likeness (QED) is 0.436. The van der Waals surface area contributed by atoms with Gasteiger partial charge < -0.3 is 20.4 Å². The van der Waals surface area contributed by atoms with Gasteiger partial charge in [0.25, 0.3) is 0 Å². The van der Waals surface area contributed by atoms with Crippen LogP contribution in [0.15, 0.2) is 25.3 Å². The molecule has 0 aromatic rings. The van der Waals surface area contributed by atoms with E-state index in [1.165, 1.54) is 0 Å². The number of hydrogen-bond donors (Lipinski definition) is 4. The van der Waals surface area contributed by atoms with Crippen molar-refractivity contribution in [3.05, 3.63) is 25.3 Å². The van der Waals surface area contributed by atoms with Gasteiger partial charge in [-0.1, -0.05) is 25.0 Å². The minimum absolute atomic E-state index is 0.125. The van der Waals surface area contributed by atoms with E-state index in [1.807, 2.05) is 13.8 Å². The monoisotopic (exact) mass is 264 g/mol. The lowest BCUT2D eigenvalue weighted by Crippen LogP contribution is -1.85. The van der Waals surface area contributed by atoms with E-state index in [0.717, 1.165) is 25.7 Å². The van der Waals surface area contributed by atoms with E-state index in [1.54, 1.807) is 12.2 Å². The Kier molecular flexibility index (Phi) is 63.7. The molecule has 0 aromatic carbocycles. The number of allylic oxidation sites excluding steroid dienone is 2. The molecule has 0 heterocycles. The van der Waals surface area contributed by atoms with Crippen LogP contribution >= 0.6 is 0 Å². The fourth-order valence-corrected chi connectivity index (χ4v) is 0.577. The van der Waals surface area contributed by atoms with Gasteiger partial charge in [0.2, 0.25) is 0 Å². The van der Waals surface area contributed by atoms with Gasteiger partial charge >= 0.3 is 0 Å². The Morgan fingerprint density at radius 1 is 0.611 bits per heavy atom. The maximum Gasteiger partial charge on any atom is 0.0662 e. The van der Waals surface area contributed by atoms with Gasteiger partial charge in [-0.05, 0) is 26.7 Å². The lowest BCUT2D eigenvalue weighted by molar-refractivity contribution is 0.186. The molecule has 0 saturated carbocycles. The van der Waals surface area contributed by atoms with Gasteiger partial charge in [0, 0.05) is 13.2 Å². The van der Waals surface area contributed by atoms with Crippen molar-refractivity contribution in [2.45, 2.75) is 39.5 Å². The standard InChI is InChI=1S/C6H14O2.2C3H6.C2H6O2/c7-5-3-1-2-4-6-8;2*1-3-2;3-1-2-4/h7-8H,1-6H2;2*3H,1H2,2H3;3-4H,1-2H2. The predicted molar refractivity (Wildman–Crippen MR) is 78.6 cm³/mol. The smallest absolute Gasteiger partial charge is 0.0662 e. The first-order chi connectivity index (χ1) is 8.66. The number of hydrogen-bond acceptors (Lipinski definition) is 4. The van der Waals surface area contributed by atoms with Crippen molar-refractivity contribution in [2.24, 2.45) is 0 Å². The van der Waals surface area contributed by atoms with Crippen molar-refractivity contribution in [1.29, 1.82) is 0 Å². The molecule has 0 fully saturated rings. The highest BCUT2D eigenvalue weighted by Gasteiger charge is 1.84. The summed E-state index contributed by atoms with van der Waals surface area (Å²) in [5.74, 6) is 0. The fourth-order valence-electron chi connectivity index (χ4n) is 0.577. The van der Waals surface area contributed by atoms with Gasteiger partial charge in [-0.15, -0.1) is 13.2 Å². The first-order valence-electron chi connectivity index (χ1n) is 6.24. The summed E-state index contributed by atoms with van der Waals surface area (Å²) in [5, 5.41) is 31.9. The maximum absolute atomic E-state index is 8.30. The summed E-state index contributed by atoms with van der Waals surface area (Å²) < 4.78 is 0. The molecule has 4 N–H and O–H groups in total. The third-order valence-corrected chi connectivity index (χ3v) is 1.17. The Bertz CT molecular complexity index is 102. The van der Waals surface area contributed by atoms with Crippen molar-refractivity contribution >= 4 is 0 Å². The largest absolute Gasteiger partial charge is 0.396 e. The van der Waals surface area contributed by atoms with Crippen LogP contribution in [0.4, 0.5) is 0 Å². The first-order valence-corrected chi connectivity index (χ1v) is 6.24. The van der Waals surface area contributed by atoms with E-state index >= 15 is 0 Å². The SMILES string of the molecule is C=CC.C=CC.OCCCCCCO.OCCO. The predicted octanol–water partition coefficient (Wildman–Crippen LogP) is 1.89. The van der Waals surface area contributed by atoms with Gasteiger partial charge in [0.15, 0.2) is 0 Å². The molecule has 0 radical (unpaired) electrons. The zero-order valence-corrected chi connectivity index (χ0v) is 12.0. The van der Waals surface area contributed by atoms with Crippen LogP contribution in [0.3, 0.4) is 0 Å². The lowest BCUT2D eigenvalue weighted by Gasteiger charge is -1.93. The third kappa shape index (κ3) is 111. The lowest BCUT2D eigenvalue weighted by atomic mass is 10.2. The topological polar surface area (TPSA) is 80.9 Å². The normalized spacial score (nSPS) is 7.44. The molecular formula is C14H32O4. The van der Waals surface area contributed by atoms with E-state index < -0.39 is 0 Å². The Balaban J connectivity index is -0.0000000827. The number of unbranched alkanes of at least 4 members (excludes halogenated alkanes) is 3. The van der Waals surface area contributed by atoms with Crippen LogP contribution in [0.1, 0.15) is 39.5 Å². The summed E-state index contributed by atoms with van der Waals surface area (Å²) in [7, 11) is 0. The Morgan fingerprint density at radius 3 is 0.944 bits per heavy atom. The second kappa shape index (κ2) is 44.1. The van der Waals surface area contributed by atoms with Gasteiger partial charge in [-0.3, -0.25) is 0 Å². The molecular weight excluding hydrogens is 232 g/mol. The second-order valence-electron chi connectivity index (χ2n) is 3.13. The molecule has 0 aliphatic heterocycles. The molecule has 0 aromatic heterocycles. The maximum atomic E-state index is 8.30. The highest BCUT2D eigenvalue weighted by Crippen LogP contribution is 1.96. The molecule has 0 bridgehead atoms. The summed E-state index contributed by atoms with van der Waals surface area (Å²) in [6.45, 7) is 10.8. The van der Waals surface area contributed by atoms with Crippen molar-refractivity contribution < 1.29 is 20.4 Å². The molecule has 112 valence electrons. The molecule has 4 heteroatoms. The average molecular weight is 264 g/mol. The minimum Gasteiger partial charge on any atom is -0.396 e. The molecule has 0 saturated heterocycles. The van der Waals surface area contributed by atoms with Crippen LogP contribution in [0.25, 0.3) is 0 Å². The van der Waals surface area contributed by atoms with Crippen LogP contribution in [0.2, 0.25) is 0 Å². The van der Waals surface area contributed by atoms with E-state index in [9.17, 15) is 0 Å². The molecule has 0 unspecified atom stereocenters. The van der Waals surface area contributed by atoms with Gasteiger partial charge in [0.1, 0.15) is 0 Å². The molecule has 0 aliphatic rings. The van der Waals surface area contributed by atoms with E-state index in [-0.39, 0.29) is 26.4 Å². The fraction of sp³-hybridized carbons (Fsp3) is 0.714. The molecule has 0 aliphatic carbocycles. The Hall–Kier alpha value is -0.680. The summed E-state index contributed by atoms with van der Waals surface area (Å²) in [5.41, 5.74) is 0. The zero-order chi connectivity index (χ0) is 15.1. The summed E-state index contributed by atoms with van der Waals surface area (Å²) in [6, 6.07) is 0. The molecule has 4 nitrogen and oxygen atoms in total. The van der Waals surface area contributed by atoms with Crippen LogP contribution in [-0.4, -0.2) is 46.9 Å². The summed E-state index contributed by atoms with van der Waals surface area (Å²) in [4.78, 5) is 0. The second-order valence-corrected chi connectivity index (χ2v) is 3.13. The first kappa shape index (κ1) is 26.0. The molecule has 0 spiro atoms. The minimum atomic E-state index is -0.125. The van der Waals surface area contributed by atoms with Gasteiger partial charge in [-0.25, -0.2) is 0 Å². The average Bonchev–Trinajstić information content (AvgIpc) is 2.37. The van der Waals surface area contributed by atoms with E-state index in [0.29, 0.717) is 0 Å². The summed E-state index contributed by atoms with van der Waals surface area (Å²) >= 11 is 0. The molecule has 18 heavy (non-hydrogen) atoms. The van der Waals surface area contributed by atoms with Crippen LogP contribution in [-0.2, 0) is 0 Å². The highest BCUT2D eigenvalue weighted by atomic mass is 16.3. The van der Waals surface area contributed by atoms with Crippen LogP contribution in [0, 0.1) is 0 Å². The van der Waals surface area contributed by atoms with E-state index in [4.69, 9.17) is 20.4 Å². The van der Waals surface area contributed by atoms with Crippen molar-refractivity contribution in [3.63, 3.8) is 0 Å². The van der Waals surface area contributed by atoms with Crippen LogP contribution < -0.4 is 0 Å². The number of aliphatic hydroxyl groups is 4. The van der Waals surface area contributed by atoms with Crippen LogP contribution in [0.5, 0.6) is 0 Å². The van der Waals surface area contributed by atoms with Gasteiger partial charge in [-0.2, -0.15) is 0 Å². The molecule has 0 amide bonds.